The minimum Gasteiger partial charge on any atom is -0.497 e. The number of anilines is 2. The van der Waals surface area contributed by atoms with E-state index in [4.69, 9.17) is 26.3 Å². The van der Waals surface area contributed by atoms with Crippen LogP contribution in [-0.2, 0) is 23.4 Å². The number of benzene rings is 2. The Morgan fingerprint density at radius 1 is 1.20 bits per heavy atom. The molecule has 2 aromatic heterocycles. The summed E-state index contributed by atoms with van der Waals surface area (Å²) in [6.45, 7) is 0.178. The zero-order chi connectivity index (χ0) is 24.4. The Hall–Kier alpha value is -2.81. The molecule has 1 N–H and O–H groups in total. The van der Waals surface area contributed by atoms with E-state index in [1.807, 2.05) is 54.4 Å². The molecule has 2 aromatic carbocycles. The minimum absolute atomic E-state index is 0.114. The summed E-state index contributed by atoms with van der Waals surface area (Å²) in [4.78, 5) is 28.2. The van der Waals surface area contributed by atoms with E-state index in [9.17, 15) is 4.79 Å². The first-order valence-corrected chi connectivity index (χ1v) is 13.5. The number of halogens is 1. The van der Waals surface area contributed by atoms with E-state index < -0.39 is 0 Å². The first-order valence-electron chi connectivity index (χ1n) is 11.3. The highest BCUT2D eigenvalue weighted by molar-refractivity contribution is 7.98. The van der Waals surface area contributed by atoms with Gasteiger partial charge in [0, 0.05) is 33.6 Å². The van der Waals surface area contributed by atoms with Gasteiger partial charge < -0.3 is 15.0 Å². The number of carbonyl (C=O) groups excluding carboxylic acids is 1. The van der Waals surface area contributed by atoms with Gasteiger partial charge in [-0.25, -0.2) is 9.97 Å². The van der Waals surface area contributed by atoms with Gasteiger partial charge in [0.2, 0.25) is 5.91 Å². The highest BCUT2D eigenvalue weighted by Gasteiger charge is 2.24. The number of nitrogens with one attached hydrogen (secondary N) is 1. The van der Waals surface area contributed by atoms with Gasteiger partial charge in [-0.05, 0) is 61.2 Å². The standard InChI is InChI=1S/C26H25ClN4O2S2/c1-31(14-23(32)28-17-5-3-6-18(13-17)33-2)25-24-20-7-4-8-21(20)35-26(24)30-22(29-25)15-34-19-11-9-16(27)10-12-19/h3,5-6,9-13H,4,7-8,14-15H2,1-2H3,(H,28,32). The first-order chi connectivity index (χ1) is 17.0. The molecule has 35 heavy (non-hydrogen) atoms. The van der Waals surface area contributed by atoms with Gasteiger partial charge in [0.25, 0.3) is 0 Å². The average molecular weight is 525 g/mol. The number of methoxy groups -OCH3 is 1. The second-order valence-electron chi connectivity index (χ2n) is 8.38. The normalized spacial score (nSPS) is 12.5. The van der Waals surface area contributed by atoms with E-state index in [1.165, 1.54) is 10.4 Å². The van der Waals surface area contributed by atoms with Crippen molar-refractivity contribution in [2.45, 2.75) is 29.9 Å². The lowest BCUT2D eigenvalue weighted by molar-refractivity contribution is -0.114. The molecule has 9 heteroatoms. The van der Waals surface area contributed by atoms with Gasteiger partial charge >= 0.3 is 0 Å². The van der Waals surface area contributed by atoms with Gasteiger partial charge in [0.05, 0.1) is 24.8 Å². The molecular formula is C26H25ClN4O2S2. The summed E-state index contributed by atoms with van der Waals surface area (Å²) in [6, 6.07) is 15.1. The van der Waals surface area contributed by atoms with Crippen molar-refractivity contribution in [2.24, 2.45) is 0 Å². The number of aryl methyl sites for hydroxylation is 2. The molecule has 180 valence electrons. The van der Waals surface area contributed by atoms with Gasteiger partial charge in [0.1, 0.15) is 22.2 Å². The zero-order valence-corrected chi connectivity index (χ0v) is 21.9. The number of ether oxygens (including phenoxy) is 1. The van der Waals surface area contributed by atoms with Gasteiger partial charge in [0.15, 0.2) is 0 Å². The Labute approximate surface area is 217 Å². The number of hydrogen-bond donors (Lipinski definition) is 1. The quantitative estimate of drug-likeness (QED) is 0.276. The van der Waals surface area contributed by atoms with Crippen LogP contribution >= 0.6 is 34.7 Å². The molecule has 6 nitrogen and oxygen atoms in total. The molecule has 0 saturated carbocycles. The zero-order valence-electron chi connectivity index (χ0n) is 19.5. The molecule has 0 saturated heterocycles. The number of hydrogen-bond acceptors (Lipinski definition) is 7. The predicted molar refractivity (Wildman–Crippen MR) is 145 cm³/mol. The molecule has 0 fully saturated rings. The molecule has 0 unspecified atom stereocenters. The number of thiophene rings is 1. The van der Waals surface area contributed by atoms with E-state index in [2.05, 4.69) is 5.32 Å². The first kappa shape index (κ1) is 23.9. The van der Waals surface area contributed by atoms with Gasteiger partial charge in [-0.1, -0.05) is 17.7 Å². The number of rotatable bonds is 8. The average Bonchev–Trinajstić information content (AvgIpc) is 3.44. The molecule has 0 radical (unpaired) electrons. The van der Waals surface area contributed by atoms with Crippen LogP contribution in [0.25, 0.3) is 10.2 Å². The third kappa shape index (κ3) is 5.39. The van der Waals surface area contributed by atoms with Crippen LogP contribution in [0.15, 0.2) is 53.4 Å². The van der Waals surface area contributed by atoms with E-state index in [1.54, 1.807) is 36.3 Å². The van der Waals surface area contributed by atoms with Gasteiger partial charge in [-0.15, -0.1) is 23.1 Å². The van der Waals surface area contributed by atoms with Crippen molar-refractivity contribution in [1.82, 2.24) is 9.97 Å². The summed E-state index contributed by atoms with van der Waals surface area (Å²) in [7, 11) is 3.53. The fraction of sp³-hybridized carbons (Fsp3) is 0.269. The van der Waals surface area contributed by atoms with E-state index in [0.29, 0.717) is 17.2 Å². The molecule has 0 bridgehead atoms. The molecule has 1 aliphatic rings. The van der Waals surface area contributed by atoms with Crippen molar-refractivity contribution in [3.05, 3.63) is 69.8 Å². The molecular weight excluding hydrogens is 500 g/mol. The molecule has 1 amide bonds. The largest absolute Gasteiger partial charge is 0.497 e. The van der Waals surface area contributed by atoms with E-state index in [0.717, 1.165) is 51.0 Å². The Morgan fingerprint density at radius 3 is 2.83 bits per heavy atom. The Balaban J connectivity index is 1.39. The van der Waals surface area contributed by atoms with Crippen LogP contribution in [0.5, 0.6) is 5.75 Å². The topological polar surface area (TPSA) is 67.3 Å². The molecule has 0 atom stereocenters. The highest BCUT2D eigenvalue weighted by atomic mass is 35.5. The fourth-order valence-electron chi connectivity index (χ4n) is 4.23. The predicted octanol–water partition coefficient (Wildman–Crippen LogP) is 6.21. The summed E-state index contributed by atoms with van der Waals surface area (Å²) < 4.78 is 5.26. The molecule has 4 aromatic rings. The minimum atomic E-state index is -0.114. The highest BCUT2D eigenvalue weighted by Crippen LogP contribution is 2.41. The van der Waals surface area contributed by atoms with Crippen LogP contribution in [0, 0.1) is 0 Å². The smallest absolute Gasteiger partial charge is 0.243 e. The number of fused-ring (bicyclic) bond motifs is 3. The summed E-state index contributed by atoms with van der Waals surface area (Å²) in [5.74, 6) is 2.80. The Morgan fingerprint density at radius 2 is 2.03 bits per heavy atom. The lowest BCUT2D eigenvalue weighted by atomic mass is 10.2. The van der Waals surface area contributed by atoms with Crippen LogP contribution in [0.4, 0.5) is 11.5 Å². The van der Waals surface area contributed by atoms with Gasteiger partial charge in [-0.2, -0.15) is 0 Å². The van der Waals surface area contributed by atoms with E-state index in [-0.39, 0.29) is 12.5 Å². The van der Waals surface area contributed by atoms with Crippen LogP contribution < -0.4 is 15.0 Å². The molecule has 1 aliphatic carbocycles. The third-order valence-electron chi connectivity index (χ3n) is 5.87. The maximum atomic E-state index is 12.9. The van der Waals surface area contributed by atoms with Crippen molar-refractivity contribution < 1.29 is 9.53 Å². The number of carbonyl (C=O) groups is 1. The molecule has 0 aliphatic heterocycles. The van der Waals surface area contributed by atoms with Crippen molar-refractivity contribution >= 4 is 62.3 Å². The number of aromatic nitrogens is 2. The SMILES string of the molecule is COc1cccc(NC(=O)CN(C)c2nc(CSc3ccc(Cl)cc3)nc3sc4c(c23)CCC4)c1. The Kier molecular flexibility index (Phi) is 7.13. The monoisotopic (exact) mass is 524 g/mol. The third-order valence-corrected chi connectivity index (χ3v) is 8.31. The number of thioether (sulfide) groups is 1. The summed E-state index contributed by atoms with van der Waals surface area (Å²) in [6.07, 6.45) is 3.28. The van der Waals surface area contributed by atoms with Crippen LogP contribution in [-0.4, -0.2) is 36.6 Å². The van der Waals surface area contributed by atoms with Crippen LogP contribution in [0.3, 0.4) is 0 Å². The molecule has 5 rings (SSSR count). The molecule has 0 spiro atoms. The summed E-state index contributed by atoms with van der Waals surface area (Å²) >= 11 is 9.45. The number of amides is 1. The Bertz CT molecular complexity index is 1370. The maximum absolute atomic E-state index is 12.9. The second-order valence-corrected chi connectivity index (χ2v) is 10.9. The second kappa shape index (κ2) is 10.4. The van der Waals surface area contributed by atoms with Crippen LogP contribution in [0.2, 0.25) is 5.02 Å². The van der Waals surface area contributed by atoms with Crippen molar-refractivity contribution in [2.75, 3.05) is 30.9 Å². The fourth-order valence-corrected chi connectivity index (χ4v) is 6.38. The van der Waals surface area contributed by atoms with Crippen LogP contribution in [0.1, 0.15) is 22.7 Å². The molecule has 2 heterocycles. The van der Waals surface area contributed by atoms with Gasteiger partial charge in [-0.3, -0.25) is 4.79 Å². The van der Waals surface area contributed by atoms with Crippen molar-refractivity contribution in [3.63, 3.8) is 0 Å². The summed E-state index contributed by atoms with van der Waals surface area (Å²) in [5, 5.41) is 4.78. The van der Waals surface area contributed by atoms with Crippen molar-refractivity contribution in [1.29, 1.82) is 0 Å². The van der Waals surface area contributed by atoms with Crippen molar-refractivity contribution in [3.8, 4) is 5.75 Å². The number of nitrogens with zero attached hydrogens (tertiary/aromatic N) is 3. The maximum Gasteiger partial charge on any atom is 0.243 e. The summed E-state index contributed by atoms with van der Waals surface area (Å²) in [5.41, 5.74) is 2.05. The lowest BCUT2D eigenvalue weighted by Gasteiger charge is -2.20. The lowest BCUT2D eigenvalue weighted by Crippen LogP contribution is -2.31. The van der Waals surface area contributed by atoms with E-state index >= 15 is 0 Å². The number of likely N-dealkylation sites (N-methyl/N-ethyl adjacent to an activating group) is 1.